The quantitative estimate of drug-likeness (QED) is 0.435. The summed E-state index contributed by atoms with van der Waals surface area (Å²) < 4.78 is 2.13. The number of hydrogen-bond acceptors (Lipinski definition) is 6. The molecule has 0 amide bonds. The van der Waals surface area contributed by atoms with Crippen LogP contribution in [0.3, 0.4) is 0 Å². The molecule has 0 unspecified atom stereocenters. The number of likely N-dealkylation sites (tertiary alicyclic amines) is 1. The van der Waals surface area contributed by atoms with E-state index in [0.717, 1.165) is 84.3 Å². The molecule has 5 rings (SSSR count). The van der Waals surface area contributed by atoms with Gasteiger partial charge in [0.2, 0.25) is 5.95 Å². The number of nitrogens with one attached hydrogen (secondary N) is 2. The second kappa shape index (κ2) is 9.31. The first kappa shape index (κ1) is 21.6. The number of aryl methyl sites for hydroxylation is 1. The Morgan fingerprint density at radius 1 is 1.12 bits per heavy atom. The minimum atomic E-state index is 0.469. The van der Waals surface area contributed by atoms with Crippen LogP contribution in [0.5, 0.6) is 0 Å². The summed E-state index contributed by atoms with van der Waals surface area (Å²) in [6.07, 6.45) is 13.5. The summed E-state index contributed by atoms with van der Waals surface area (Å²) in [5.74, 6) is 0.650. The SMILES string of the molecule is CCCCc1cc(-c2c[nH]c3ncc(-c4cnn(C5CCN(C)CC5)c4)cc23)nc(NC)n1. The Morgan fingerprint density at radius 2 is 1.97 bits per heavy atom. The zero-order valence-electron chi connectivity index (χ0n) is 19.7. The van der Waals surface area contributed by atoms with Crippen molar-refractivity contribution in [2.24, 2.45) is 0 Å². The maximum absolute atomic E-state index is 4.74. The molecule has 0 bridgehead atoms. The molecule has 1 fully saturated rings. The van der Waals surface area contributed by atoms with Crippen LogP contribution in [0.25, 0.3) is 33.4 Å². The van der Waals surface area contributed by atoms with E-state index in [0.29, 0.717) is 12.0 Å². The van der Waals surface area contributed by atoms with Crippen LogP contribution < -0.4 is 5.32 Å². The van der Waals surface area contributed by atoms with Gasteiger partial charge in [-0.2, -0.15) is 5.10 Å². The number of anilines is 1. The molecule has 8 heteroatoms. The molecule has 4 aromatic heterocycles. The highest BCUT2D eigenvalue weighted by atomic mass is 15.3. The predicted molar refractivity (Wildman–Crippen MR) is 132 cm³/mol. The lowest BCUT2D eigenvalue weighted by Gasteiger charge is -2.28. The molecule has 33 heavy (non-hydrogen) atoms. The van der Waals surface area contributed by atoms with Crippen LogP contribution in [0.15, 0.2) is 36.9 Å². The summed E-state index contributed by atoms with van der Waals surface area (Å²) >= 11 is 0. The van der Waals surface area contributed by atoms with Crippen molar-refractivity contribution in [3.05, 3.63) is 42.6 Å². The zero-order chi connectivity index (χ0) is 22.8. The monoisotopic (exact) mass is 444 g/mol. The zero-order valence-corrected chi connectivity index (χ0v) is 19.7. The minimum Gasteiger partial charge on any atom is -0.357 e. The summed E-state index contributed by atoms with van der Waals surface area (Å²) in [6, 6.07) is 4.76. The number of rotatable bonds is 7. The summed E-state index contributed by atoms with van der Waals surface area (Å²) in [5.41, 5.74) is 6.03. The van der Waals surface area contributed by atoms with E-state index in [1.165, 1.54) is 0 Å². The third kappa shape index (κ3) is 4.48. The lowest BCUT2D eigenvalue weighted by molar-refractivity contribution is 0.212. The standard InChI is InChI=1S/C25H32N8/c1-4-5-6-19-12-23(31-25(26-2)30-19)22-15-28-24-21(22)11-17(13-27-24)18-14-29-33(16-18)20-7-9-32(3)10-8-20/h11-16,20H,4-10H2,1-3H3,(H,27,28)(H,26,30,31). The molecule has 2 N–H and O–H groups in total. The Hall–Kier alpha value is -3.26. The van der Waals surface area contributed by atoms with E-state index in [-0.39, 0.29) is 0 Å². The van der Waals surface area contributed by atoms with Gasteiger partial charge in [-0.1, -0.05) is 13.3 Å². The van der Waals surface area contributed by atoms with Gasteiger partial charge in [-0.05, 0) is 58.0 Å². The molecule has 5 heterocycles. The summed E-state index contributed by atoms with van der Waals surface area (Å²) in [6.45, 7) is 4.44. The van der Waals surface area contributed by atoms with Gasteiger partial charge < -0.3 is 15.2 Å². The Labute approximate surface area is 194 Å². The van der Waals surface area contributed by atoms with Crippen molar-refractivity contribution in [3.8, 4) is 22.4 Å². The van der Waals surface area contributed by atoms with Crippen molar-refractivity contribution in [3.63, 3.8) is 0 Å². The molecule has 0 atom stereocenters. The van der Waals surface area contributed by atoms with Crippen molar-refractivity contribution in [2.75, 3.05) is 32.5 Å². The first-order valence-corrected chi connectivity index (χ1v) is 11.9. The number of pyridine rings is 1. The number of aromatic amines is 1. The van der Waals surface area contributed by atoms with Gasteiger partial charge in [0.25, 0.3) is 0 Å². The van der Waals surface area contributed by atoms with Crippen LogP contribution in [0.1, 0.15) is 44.3 Å². The maximum Gasteiger partial charge on any atom is 0.223 e. The van der Waals surface area contributed by atoms with E-state index >= 15 is 0 Å². The number of fused-ring (bicyclic) bond motifs is 1. The van der Waals surface area contributed by atoms with Gasteiger partial charge in [-0.15, -0.1) is 0 Å². The largest absolute Gasteiger partial charge is 0.357 e. The molecular weight excluding hydrogens is 412 g/mol. The molecule has 0 saturated carbocycles. The van der Waals surface area contributed by atoms with Crippen LogP contribution in [-0.2, 0) is 6.42 Å². The van der Waals surface area contributed by atoms with Crippen LogP contribution >= 0.6 is 0 Å². The van der Waals surface area contributed by atoms with E-state index in [2.05, 4.69) is 62.3 Å². The van der Waals surface area contributed by atoms with Gasteiger partial charge >= 0.3 is 0 Å². The third-order valence-corrected chi connectivity index (χ3v) is 6.59. The molecule has 1 saturated heterocycles. The second-order valence-electron chi connectivity index (χ2n) is 8.99. The van der Waals surface area contributed by atoms with Crippen LogP contribution in [0, 0.1) is 0 Å². The fraction of sp³-hybridized carbons (Fsp3) is 0.440. The highest BCUT2D eigenvalue weighted by Crippen LogP contribution is 2.31. The maximum atomic E-state index is 4.74. The Morgan fingerprint density at radius 3 is 2.76 bits per heavy atom. The van der Waals surface area contributed by atoms with E-state index in [4.69, 9.17) is 9.97 Å². The summed E-state index contributed by atoms with van der Waals surface area (Å²) in [7, 11) is 4.05. The second-order valence-corrected chi connectivity index (χ2v) is 8.99. The minimum absolute atomic E-state index is 0.469. The molecule has 0 spiro atoms. The Kier molecular flexibility index (Phi) is 6.09. The molecule has 4 aromatic rings. The molecular formula is C25H32N8. The van der Waals surface area contributed by atoms with Crippen molar-refractivity contribution in [1.82, 2.24) is 34.6 Å². The first-order valence-electron chi connectivity index (χ1n) is 11.9. The van der Waals surface area contributed by atoms with Crippen molar-refractivity contribution < 1.29 is 0 Å². The normalized spacial score (nSPS) is 15.4. The van der Waals surface area contributed by atoms with E-state index in [1.54, 1.807) is 0 Å². The molecule has 8 nitrogen and oxygen atoms in total. The summed E-state index contributed by atoms with van der Waals surface area (Å²) in [4.78, 5) is 19.8. The van der Waals surface area contributed by atoms with E-state index < -0.39 is 0 Å². The molecule has 1 aliphatic rings. The average Bonchev–Trinajstić information content (AvgIpc) is 3.50. The number of nitrogens with zero attached hydrogens (tertiary/aromatic N) is 6. The fourth-order valence-electron chi connectivity index (χ4n) is 4.55. The molecule has 0 radical (unpaired) electrons. The number of piperidine rings is 1. The topological polar surface area (TPSA) is 87.5 Å². The lowest BCUT2D eigenvalue weighted by atomic mass is 10.1. The van der Waals surface area contributed by atoms with Crippen molar-refractivity contribution in [1.29, 1.82) is 0 Å². The Bertz CT molecular complexity index is 1230. The smallest absolute Gasteiger partial charge is 0.223 e. The van der Waals surface area contributed by atoms with Crippen LogP contribution in [-0.4, -0.2) is 61.8 Å². The van der Waals surface area contributed by atoms with Gasteiger partial charge in [-0.3, -0.25) is 4.68 Å². The van der Waals surface area contributed by atoms with E-state index in [9.17, 15) is 0 Å². The van der Waals surface area contributed by atoms with Gasteiger partial charge in [-0.25, -0.2) is 15.0 Å². The molecule has 0 aliphatic carbocycles. The van der Waals surface area contributed by atoms with Crippen LogP contribution in [0.4, 0.5) is 5.95 Å². The molecule has 0 aromatic carbocycles. The first-order chi connectivity index (χ1) is 16.1. The number of unbranched alkanes of at least 4 members (excludes halogenated alkanes) is 1. The van der Waals surface area contributed by atoms with Crippen LogP contribution in [0.2, 0.25) is 0 Å². The number of H-pyrrole nitrogens is 1. The molecule has 1 aliphatic heterocycles. The van der Waals surface area contributed by atoms with Gasteiger partial charge in [0, 0.05) is 53.4 Å². The van der Waals surface area contributed by atoms with Gasteiger partial charge in [0.05, 0.1) is 17.9 Å². The van der Waals surface area contributed by atoms with E-state index in [1.807, 2.05) is 25.6 Å². The molecule has 172 valence electrons. The fourth-order valence-corrected chi connectivity index (χ4v) is 4.55. The predicted octanol–water partition coefficient (Wildman–Crippen LogP) is 4.53. The average molecular weight is 445 g/mol. The third-order valence-electron chi connectivity index (χ3n) is 6.59. The summed E-state index contributed by atoms with van der Waals surface area (Å²) in [5, 5.41) is 8.85. The Balaban J connectivity index is 1.48. The number of aromatic nitrogens is 6. The lowest BCUT2D eigenvalue weighted by Crippen LogP contribution is -2.31. The number of hydrogen-bond donors (Lipinski definition) is 2. The highest BCUT2D eigenvalue weighted by Gasteiger charge is 2.19. The van der Waals surface area contributed by atoms with Gasteiger partial charge in [0.15, 0.2) is 0 Å². The van der Waals surface area contributed by atoms with Crippen molar-refractivity contribution >= 4 is 17.0 Å². The van der Waals surface area contributed by atoms with Gasteiger partial charge in [0.1, 0.15) is 5.65 Å². The highest BCUT2D eigenvalue weighted by molar-refractivity contribution is 5.95. The van der Waals surface area contributed by atoms with Crippen molar-refractivity contribution in [2.45, 2.75) is 45.1 Å².